The van der Waals surface area contributed by atoms with Crippen LogP contribution >= 0.6 is 0 Å². The van der Waals surface area contributed by atoms with Gasteiger partial charge in [0.15, 0.2) is 0 Å². The van der Waals surface area contributed by atoms with Crippen molar-refractivity contribution in [3.63, 3.8) is 0 Å². The van der Waals surface area contributed by atoms with Crippen molar-refractivity contribution in [3.05, 3.63) is 65.7 Å². The Labute approximate surface area is 141 Å². The Kier molecular flexibility index (Phi) is 5.43. The van der Waals surface area contributed by atoms with Gasteiger partial charge in [-0.1, -0.05) is 12.1 Å². The highest BCUT2D eigenvalue weighted by Gasteiger charge is 2.29. The molecule has 0 aliphatic carbocycles. The summed E-state index contributed by atoms with van der Waals surface area (Å²) in [6.07, 6.45) is -1.79. The van der Waals surface area contributed by atoms with E-state index in [0.29, 0.717) is 16.9 Å². The molecular formula is C17H14F3N3O2. The molecule has 0 aliphatic heterocycles. The summed E-state index contributed by atoms with van der Waals surface area (Å²) in [7, 11) is 0. The minimum absolute atomic E-state index is 0.449. The summed E-state index contributed by atoms with van der Waals surface area (Å²) in [5, 5.41) is 4.96. The van der Waals surface area contributed by atoms with Gasteiger partial charge in [-0.2, -0.15) is 13.2 Å². The standard InChI is InChI=1S/C17H14F3N3O2/c18-17(19,20)12-4-1-11(2-5-12)3-10-15(24)22-13-6-8-14(9-7-13)23-16(21)25/h1-10H,(H,22,24)(H3,21,23,25)/b10-3+. The van der Waals surface area contributed by atoms with E-state index in [9.17, 15) is 22.8 Å². The van der Waals surface area contributed by atoms with E-state index in [4.69, 9.17) is 5.73 Å². The Morgan fingerprint density at radius 3 is 1.88 bits per heavy atom. The maximum atomic E-state index is 12.5. The van der Waals surface area contributed by atoms with E-state index >= 15 is 0 Å². The molecule has 0 saturated heterocycles. The lowest BCUT2D eigenvalue weighted by molar-refractivity contribution is -0.137. The van der Waals surface area contributed by atoms with E-state index in [1.807, 2.05) is 0 Å². The number of nitrogens with one attached hydrogen (secondary N) is 2. The van der Waals surface area contributed by atoms with Crippen LogP contribution in [0.3, 0.4) is 0 Å². The molecular weight excluding hydrogens is 335 g/mol. The van der Waals surface area contributed by atoms with Crippen LogP contribution in [0.1, 0.15) is 11.1 Å². The van der Waals surface area contributed by atoms with Crippen molar-refractivity contribution in [2.24, 2.45) is 5.73 Å². The summed E-state index contributed by atoms with van der Waals surface area (Å²) >= 11 is 0. The monoisotopic (exact) mass is 349 g/mol. The predicted molar refractivity (Wildman–Crippen MR) is 88.8 cm³/mol. The molecule has 0 radical (unpaired) electrons. The van der Waals surface area contributed by atoms with E-state index in [1.54, 1.807) is 24.3 Å². The summed E-state index contributed by atoms with van der Waals surface area (Å²) in [6.45, 7) is 0. The van der Waals surface area contributed by atoms with Crippen molar-refractivity contribution in [1.29, 1.82) is 0 Å². The molecule has 0 aliphatic rings. The van der Waals surface area contributed by atoms with E-state index < -0.39 is 23.7 Å². The van der Waals surface area contributed by atoms with Gasteiger partial charge in [0.2, 0.25) is 5.91 Å². The Hall–Kier alpha value is -3.29. The SMILES string of the molecule is NC(=O)Nc1ccc(NC(=O)/C=C/c2ccc(C(F)(F)F)cc2)cc1. The lowest BCUT2D eigenvalue weighted by Crippen LogP contribution is -2.19. The smallest absolute Gasteiger partial charge is 0.351 e. The number of alkyl halides is 3. The molecule has 4 N–H and O–H groups in total. The highest BCUT2D eigenvalue weighted by atomic mass is 19.4. The normalized spacial score (nSPS) is 11.3. The molecule has 130 valence electrons. The molecule has 0 bridgehead atoms. The number of benzene rings is 2. The lowest BCUT2D eigenvalue weighted by atomic mass is 10.1. The third-order valence-electron chi connectivity index (χ3n) is 3.09. The predicted octanol–water partition coefficient (Wildman–Crippen LogP) is 3.85. The van der Waals surface area contributed by atoms with Gasteiger partial charge in [0.1, 0.15) is 0 Å². The molecule has 0 heterocycles. The Balaban J connectivity index is 1.95. The maximum absolute atomic E-state index is 12.5. The van der Waals surface area contributed by atoms with Gasteiger partial charge in [-0.05, 0) is 48.0 Å². The van der Waals surface area contributed by atoms with Gasteiger partial charge < -0.3 is 16.4 Å². The number of hydrogen-bond donors (Lipinski definition) is 3. The molecule has 0 fully saturated rings. The van der Waals surface area contributed by atoms with E-state index in [2.05, 4.69) is 10.6 Å². The number of rotatable bonds is 4. The molecule has 0 atom stereocenters. The van der Waals surface area contributed by atoms with Crippen LogP contribution < -0.4 is 16.4 Å². The number of carbonyl (C=O) groups is 2. The van der Waals surface area contributed by atoms with Crippen LogP contribution in [-0.2, 0) is 11.0 Å². The first kappa shape index (κ1) is 18.1. The van der Waals surface area contributed by atoms with Crippen molar-refractivity contribution in [1.82, 2.24) is 0 Å². The van der Waals surface area contributed by atoms with E-state index in [0.717, 1.165) is 12.1 Å². The van der Waals surface area contributed by atoms with Gasteiger partial charge in [0, 0.05) is 17.5 Å². The lowest BCUT2D eigenvalue weighted by Gasteiger charge is -2.06. The van der Waals surface area contributed by atoms with Crippen LogP contribution in [0, 0.1) is 0 Å². The van der Waals surface area contributed by atoms with Crippen LogP contribution in [-0.4, -0.2) is 11.9 Å². The molecule has 0 spiro atoms. The van der Waals surface area contributed by atoms with Crippen LogP contribution in [0.4, 0.5) is 29.3 Å². The zero-order valence-corrected chi connectivity index (χ0v) is 12.8. The highest BCUT2D eigenvalue weighted by Crippen LogP contribution is 2.29. The van der Waals surface area contributed by atoms with Crippen molar-refractivity contribution >= 4 is 29.4 Å². The largest absolute Gasteiger partial charge is 0.416 e. The average Bonchev–Trinajstić information content (AvgIpc) is 2.54. The highest BCUT2D eigenvalue weighted by molar-refractivity contribution is 6.02. The summed E-state index contributed by atoms with van der Waals surface area (Å²) in [4.78, 5) is 22.5. The molecule has 2 aromatic carbocycles. The zero-order valence-electron chi connectivity index (χ0n) is 12.8. The number of anilines is 2. The second-order valence-corrected chi connectivity index (χ2v) is 5.01. The Bertz CT molecular complexity index is 782. The molecule has 2 rings (SSSR count). The molecule has 0 unspecified atom stereocenters. The minimum Gasteiger partial charge on any atom is -0.351 e. The van der Waals surface area contributed by atoms with Gasteiger partial charge in [-0.15, -0.1) is 0 Å². The first-order valence-electron chi connectivity index (χ1n) is 7.07. The number of primary amides is 1. The first-order chi connectivity index (χ1) is 11.7. The summed E-state index contributed by atoms with van der Waals surface area (Å²) in [5.41, 5.74) is 5.65. The van der Waals surface area contributed by atoms with Crippen molar-refractivity contribution in [2.45, 2.75) is 6.18 Å². The fourth-order valence-electron chi connectivity index (χ4n) is 1.92. The molecule has 8 heteroatoms. The number of urea groups is 1. The average molecular weight is 349 g/mol. The van der Waals surface area contributed by atoms with Gasteiger partial charge in [0.05, 0.1) is 5.56 Å². The first-order valence-corrected chi connectivity index (χ1v) is 7.07. The minimum atomic E-state index is -4.39. The number of amides is 3. The maximum Gasteiger partial charge on any atom is 0.416 e. The van der Waals surface area contributed by atoms with Crippen LogP contribution in [0.15, 0.2) is 54.6 Å². The molecule has 3 amide bonds. The number of hydrogen-bond acceptors (Lipinski definition) is 2. The van der Waals surface area contributed by atoms with Crippen molar-refractivity contribution in [3.8, 4) is 0 Å². The molecule has 25 heavy (non-hydrogen) atoms. The van der Waals surface area contributed by atoms with Gasteiger partial charge in [-0.25, -0.2) is 4.79 Å². The second kappa shape index (κ2) is 7.52. The van der Waals surface area contributed by atoms with Gasteiger partial charge >= 0.3 is 12.2 Å². The third-order valence-corrected chi connectivity index (χ3v) is 3.09. The summed E-state index contributed by atoms with van der Waals surface area (Å²) < 4.78 is 37.4. The Morgan fingerprint density at radius 2 is 1.40 bits per heavy atom. The molecule has 0 saturated carbocycles. The van der Waals surface area contributed by atoms with E-state index in [1.165, 1.54) is 24.3 Å². The van der Waals surface area contributed by atoms with Gasteiger partial charge in [-0.3, -0.25) is 4.79 Å². The second-order valence-electron chi connectivity index (χ2n) is 5.01. The van der Waals surface area contributed by atoms with Crippen LogP contribution in [0.2, 0.25) is 0 Å². The third kappa shape index (κ3) is 5.69. The van der Waals surface area contributed by atoms with Crippen LogP contribution in [0.5, 0.6) is 0 Å². The van der Waals surface area contributed by atoms with Gasteiger partial charge in [0.25, 0.3) is 0 Å². The number of nitrogens with two attached hydrogens (primary N) is 1. The summed E-state index contributed by atoms with van der Waals surface area (Å²) in [5.74, 6) is -0.449. The molecule has 0 aromatic heterocycles. The van der Waals surface area contributed by atoms with Crippen molar-refractivity contribution < 1.29 is 22.8 Å². The Morgan fingerprint density at radius 1 is 0.880 bits per heavy atom. The molecule has 5 nitrogen and oxygen atoms in total. The fourth-order valence-corrected chi connectivity index (χ4v) is 1.92. The van der Waals surface area contributed by atoms with Crippen LogP contribution in [0.25, 0.3) is 6.08 Å². The summed E-state index contributed by atoms with van der Waals surface area (Å²) in [6, 6.07) is 9.98. The number of halogens is 3. The fraction of sp³-hybridized carbons (Fsp3) is 0.0588. The van der Waals surface area contributed by atoms with E-state index in [-0.39, 0.29) is 0 Å². The van der Waals surface area contributed by atoms with Crippen molar-refractivity contribution in [2.75, 3.05) is 10.6 Å². The topological polar surface area (TPSA) is 84.2 Å². The zero-order chi connectivity index (χ0) is 18.4. The number of carbonyl (C=O) groups excluding carboxylic acids is 2. The molecule has 2 aromatic rings. The quantitative estimate of drug-likeness (QED) is 0.733.